The van der Waals surface area contributed by atoms with Crippen molar-refractivity contribution in [2.75, 3.05) is 0 Å². The Kier molecular flexibility index (Phi) is 4.75. The van der Waals surface area contributed by atoms with E-state index in [4.69, 9.17) is 23.2 Å². The molecule has 0 bridgehead atoms. The molecule has 6 heteroatoms. The SMILES string of the molecule is N#Cc1cnc2cc(Br)ccc2c1[As]c1ccc(Cl)cc1Cl. The summed E-state index contributed by atoms with van der Waals surface area (Å²) in [6.07, 6.45) is 1.63. The van der Waals surface area contributed by atoms with E-state index in [-0.39, 0.29) is 0 Å². The van der Waals surface area contributed by atoms with Gasteiger partial charge in [-0.15, -0.1) is 0 Å². The number of fused-ring (bicyclic) bond motifs is 1. The van der Waals surface area contributed by atoms with Gasteiger partial charge >= 0.3 is 153 Å². The Labute approximate surface area is 152 Å². The number of hydrogen-bond donors (Lipinski definition) is 0. The average Bonchev–Trinajstić information content (AvgIpc) is 2.49. The fourth-order valence-corrected chi connectivity index (χ4v) is 5.33. The normalized spacial score (nSPS) is 11.2. The van der Waals surface area contributed by atoms with Crippen LogP contribution in [0.2, 0.25) is 10.0 Å². The van der Waals surface area contributed by atoms with Gasteiger partial charge in [-0.1, -0.05) is 0 Å². The summed E-state index contributed by atoms with van der Waals surface area (Å²) < 4.78 is 3.00. The van der Waals surface area contributed by atoms with Crippen LogP contribution in [0.25, 0.3) is 10.9 Å². The summed E-state index contributed by atoms with van der Waals surface area (Å²) in [5.41, 5.74) is 1.46. The van der Waals surface area contributed by atoms with Gasteiger partial charge in [0.1, 0.15) is 0 Å². The van der Waals surface area contributed by atoms with Crippen molar-refractivity contribution < 1.29 is 0 Å². The van der Waals surface area contributed by atoms with E-state index in [1.165, 1.54) is 0 Å². The molecule has 2 aromatic carbocycles. The molecule has 1 heterocycles. The molecule has 0 atom stereocenters. The first-order valence-corrected chi connectivity index (χ1v) is 9.66. The number of pyridine rings is 1. The van der Waals surface area contributed by atoms with E-state index < -0.39 is 15.8 Å². The molecule has 0 fully saturated rings. The summed E-state index contributed by atoms with van der Waals surface area (Å²) in [4.78, 5) is 4.36. The number of nitrogens with zero attached hydrogens (tertiary/aromatic N) is 2. The molecule has 3 aromatic rings. The van der Waals surface area contributed by atoms with E-state index >= 15 is 0 Å². The topological polar surface area (TPSA) is 36.7 Å². The van der Waals surface area contributed by atoms with Gasteiger partial charge < -0.3 is 0 Å². The second kappa shape index (κ2) is 6.60. The number of halogens is 3. The number of rotatable bonds is 2. The first-order chi connectivity index (χ1) is 10.6. The molecule has 0 aliphatic carbocycles. The first-order valence-electron chi connectivity index (χ1n) is 6.23. The number of nitriles is 1. The predicted molar refractivity (Wildman–Crippen MR) is 95.6 cm³/mol. The molecule has 1 radical (unpaired) electrons. The third kappa shape index (κ3) is 3.16. The van der Waals surface area contributed by atoms with Gasteiger partial charge in [0.25, 0.3) is 0 Å². The monoisotopic (exact) mass is 451 g/mol. The maximum atomic E-state index is 9.39. The molecular formula is C16H7AsBrCl2N2. The number of hydrogen-bond acceptors (Lipinski definition) is 2. The predicted octanol–water partition coefficient (Wildman–Crippen LogP) is 3.83. The standard InChI is InChI=1S/C16H7AsBrCl2N2/c18-10-1-3-12-15(5-10)22-8-9(7-21)16(12)17-13-4-2-11(19)6-14(13)20/h1-6,8H. The average molecular weight is 453 g/mol. The van der Waals surface area contributed by atoms with E-state index in [9.17, 15) is 5.26 Å². The van der Waals surface area contributed by atoms with E-state index in [2.05, 4.69) is 27.0 Å². The molecule has 0 saturated carbocycles. The van der Waals surface area contributed by atoms with Crippen molar-refractivity contribution in [3.8, 4) is 6.07 Å². The quantitative estimate of drug-likeness (QED) is 0.554. The zero-order valence-electron chi connectivity index (χ0n) is 11.0. The fourth-order valence-electron chi connectivity index (χ4n) is 2.05. The van der Waals surface area contributed by atoms with E-state index in [1.54, 1.807) is 12.3 Å². The van der Waals surface area contributed by atoms with Crippen LogP contribution in [-0.2, 0) is 0 Å². The Hall–Kier alpha value is -1.04. The van der Waals surface area contributed by atoms with E-state index in [0.717, 1.165) is 24.1 Å². The summed E-state index contributed by atoms with van der Waals surface area (Å²) in [7, 11) is 0. The molecular weight excluding hydrogens is 446 g/mol. The molecule has 22 heavy (non-hydrogen) atoms. The summed E-state index contributed by atoms with van der Waals surface area (Å²) in [5.74, 6) is 0. The zero-order chi connectivity index (χ0) is 15.7. The Morgan fingerprint density at radius 2 is 1.95 bits per heavy atom. The van der Waals surface area contributed by atoms with Crippen LogP contribution < -0.4 is 8.70 Å². The van der Waals surface area contributed by atoms with Crippen LogP contribution in [0.3, 0.4) is 0 Å². The summed E-state index contributed by atoms with van der Waals surface area (Å²) in [5, 5.41) is 11.6. The Bertz CT molecular complexity index is 922. The summed E-state index contributed by atoms with van der Waals surface area (Å²) in [6, 6.07) is 13.6. The van der Waals surface area contributed by atoms with Gasteiger partial charge in [-0.3, -0.25) is 0 Å². The molecule has 0 aliphatic heterocycles. The van der Waals surface area contributed by atoms with Gasteiger partial charge in [0.15, 0.2) is 0 Å². The van der Waals surface area contributed by atoms with Crippen LogP contribution in [0.5, 0.6) is 0 Å². The van der Waals surface area contributed by atoms with Crippen molar-refractivity contribution in [1.82, 2.24) is 4.98 Å². The van der Waals surface area contributed by atoms with Gasteiger partial charge in [-0.25, -0.2) is 0 Å². The molecule has 0 saturated heterocycles. The van der Waals surface area contributed by atoms with Crippen molar-refractivity contribution in [2.24, 2.45) is 0 Å². The van der Waals surface area contributed by atoms with Crippen LogP contribution in [0.4, 0.5) is 0 Å². The maximum absolute atomic E-state index is 9.39. The Morgan fingerprint density at radius 1 is 1.14 bits per heavy atom. The summed E-state index contributed by atoms with van der Waals surface area (Å²) >= 11 is 15.2. The molecule has 0 aliphatic rings. The number of aromatic nitrogens is 1. The fraction of sp³-hybridized carbons (Fsp3) is 0. The molecule has 1 aromatic heterocycles. The molecule has 3 rings (SSSR count). The van der Waals surface area contributed by atoms with Gasteiger partial charge in [0.2, 0.25) is 0 Å². The van der Waals surface area contributed by atoms with Crippen LogP contribution in [-0.4, -0.2) is 20.7 Å². The molecule has 0 unspecified atom stereocenters. The van der Waals surface area contributed by atoms with Crippen molar-refractivity contribution in [3.05, 3.63) is 62.7 Å². The van der Waals surface area contributed by atoms with E-state index in [0.29, 0.717) is 15.6 Å². The van der Waals surface area contributed by atoms with Crippen molar-refractivity contribution in [3.63, 3.8) is 0 Å². The molecule has 2 nitrogen and oxygen atoms in total. The van der Waals surface area contributed by atoms with Crippen LogP contribution in [0.15, 0.2) is 47.1 Å². The van der Waals surface area contributed by atoms with Crippen molar-refractivity contribution in [2.45, 2.75) is 0 Å². The van der Waals surface area contributed by atoms with E-state index in [1.807, 2.05) is 30.3 Å². The zero-order valence-corrected chi connectivity index (χ0v) is 16.0. The molecule has 0 spiro atoms. The Morgan fingerprint density at radius 3 is 2.68 bits per heavy atom. The minimum atomic E-state index is -0.442. The number of benzene rings is 2. The van der Waals surface area contributed by atoms with Crippen LogP contribution >= 0.6 is 39.1 Å². The van der Waals surface area contributed by atoms with Crippen molar-refractivity contribution in [1.29, 1.82) is 5.26 Å². The Balaban J connectivity index is 2.18. The third-order valence-electron chi connectivity index (χ3n) is 3.07. The van der Waals surface area contributed by atoms with Gasteiger partial charge in [0, 0.05) is 0 Å². The van der Waals surface area contributed by atoms with Crippen molar-refractivity contribution >= 4 is 74.5 Å². The van der Waals surface area contributed by atoms with Crippen LogP contribution in [0, 0.1) is 11.3 Å². The van der Waals surface area contributed by atoms with Gasteiger partial charge in [-0.2, -0.15) is 0 Å². The first kappa shape index (κ1) is 15.8. The van der Waals surface area contributed by atoms with Gasteiger partial charge in [-0.05, 0) is 0 Å². The van der Waals surface area contributed by atoms with Crippen LogP contribution in [0.1, 0.15) is 5.56 Å². The molecule has 0 amide bonds. The second-order valence-electron chi connectivity index (χ2n) is 4.50. The molecule has 107 valence electrons. The minimum absolute atomic E-state index is 0.442. The van der Waals surface area contributed by atoms with Gasteiger partial charge in [0.05, 0.1) is 0 Å². The third-order valence-corrected chi connectivity index (χ3v) is 7.20. The summed E-state index contributed by atoms with van der Waals surface area (Å²) in [6.45, 7) is 0. The molecule has 0 N–H and O–H groups in total. The second-order valence-corrected chi connectivity index (χ2v) is 8.68.